The molecule has 0 bridgehead atoms. The summed E-state index contributed by atoms with van der Waals surface area (Å²) in [5, 5.41) is 17.8. The van der Waals surface area contributed by atoms with Gasteiger partial charge in [-0.05, 0) is 66.8 Å². The molecular formula is C27H23N5O5S. The van der Waals surface area contributed by atoms with Crippen LogP contribution in [0.3, 0.4) is 0 Å². The van der Waals surface area contributed by atoms with Gasteiger partial charge in [-0.1, -0.05) is 6.07 Å². The third-order valence-electron chi connectivity index (χ3n) is 6.14. The Labute approximate surface area is 223 Å². The lowest BCUT2D eigenvalue weighted by molar-refractivity contribution is -0.384. The Morgan fingerprint density at radius 3 is 2.61 bits per heavy atom. The van der Waals surface area contributed by atoms with Crippen LogP contribution in [0.1, 0.15) is 30.5 Å². The van der Waals surface area contributed by atoms with E-state index in [0.29, 0.717) is 33.6 Å². The molecule has 0 saturated carbocycles. The van der Waals surface area contributed by atoms with Crippen molar-refractivity contribution in [2.24, 2.45) is 0 Å². The monoisotopic (exact) mass is 529 g/mol. The van der Waals surface area contributed by atoms with Gasteiger partial charge in [0.05, 0.1) is 35.4 Å². The number of anilines is 2. The number of methoxy groups -OCH3 is 1. The highest BCUT2D eigenvalue weighted by Crippen LogP contribution is 2.44. The lowest BCUT2D eigenvalue weighted by atomic mass is 10.0. The average molecular weight is 530 g/mol. The van der Waals surface area contributed by atoms with E-state index in [2.05, 4.69) is 15.6 Å². The molecule has 5 rings (SSSR count). The van der Waals surface area contributed by atoms with Crippen LogP contribution in [0.4, 0.5) is 17.1 Å². The summed E-state index contributed by atoms with van der Waals surface area (Å²) in [5.41, 5.74) is 2.75. The molecular weight excluding hydrogens is 506 g/mol. The molecule has 0 aliphatic carbocycles. The molecule has 2 N–H and O–H groups in total. The molecule has 1 saturated heterocycles. The van der Waals surface area contributed by atoms with E-state index < -0.39 is 11.0 Å². The van der Waals surface area contributed by atoms with Gasteiger partial charge < -0.3 is 24.7 Å². The number of carbonyl (C=O) groups is 1. The highest BCUT2D eigenvalue weighted by Gasteiger charge is 2.42. The van der Waals surface area contributed by atoms with E-state index in [-0.39, 0.29) is 17.6 Å². The van der Waals surface area contributed by atoms with E-state index in [4.69, 9.17) is 21.4 Å². The molecule has 2 aromatic carbocycles. The number of non-ortho nitro benzene ring substituents is 1. The summed E-state index contributed by atoms with van der Waals surface area (Å²) in [7, 11) is 1.45. The predicted molar refractivity (Wildman–Crippen MR) is 146 cm³/mol. The van der Waals surface area contributed by atoms with Crippen LogP contribution in [-0.4, -0.2) is 28.0 Å². The predicted octanol–water partition coefficient (Wildman–Crippen LogP) is 5.39. The molecule has 0 spiro atoms. The third-order valence-corrected chi connectivity index (χ3v) is 6.46. The van der Waals surface area contributed by atoms with Crippen LogP contribution in [0.5, 0.6) is 5.75 Å². The molecule has 1 aliphatic heterocycles. The average Bonchev–Trinajstić information content (AvgIpc) is 3.53. The van der Waals surface area contributed by atoms with E-state index in [9.17, 15) is 14.9 Å². The van der Waals surface area contributed by atoms with Crippen LogP contribution >= 0.6 is 12.2 Å². The molecule has 1 amide bonds. The topological polar surface area (TPSA) is 123 Å². The number of benzene rings is 2. The zero-order valence-corrected chi connectivity index (χ0v) is 21.3. The normalized spacial score (nSPS) is 16.7. The fourth-order valence-corrected chi connectivity index (χ4v) is 4.83. The standard InChI is InChI=1S/C27H23N5O5S/c1-16(33)29-17-6-8-18(9-7-17)31-26(25(30-27(31)38)21-5-3-4-14-28-21)23-13-12-22(37-23)20-11-10-19(32(34)35)15-24(20)36-2/h3-15,25-26H,1-2H3,(H,29,33)(H,30,38)/t25-,26-/m1/s1. The van der Waals surface area contributed by atoms with Gasteiger partial charge in [-0.15, -0.1) is 0 Å². The molecule has 0 unspecified atom stereocenters. The first-order valence-corrected chi connectivity index (χ1v) is 12.1. The summed E-state index contributed by atoms with van der Waals surface area (Å²) < 4.78 is 11.8. The summed E-state index contributed by atoms with van der Waals surface area (Å²) in [6.07, 6.45) is 1.72. The number of nitrogens with one attached hydrogen (secondary N) is 2. The Kier molecular flexibility index (Phi) is 6.75. The van der Waals surface area contributed by atoms with Gasteiger partial charge in [0.1, 0.15) is 23.3 Å². The minimum Gasteiger partial charge on any atom is -0.496 e. The third kappa shape index (κ3) is 4.78. The van der Waals surface area contributed by atoms with Gasteiger partial charge in [-0.2, -0.15) is 0 Å². The van der Waals surface area contributed by atoms with Gasteiger partial charge in [0.25, 0.3) is 5.69 Å². The molecule has 11 heteroatoms. The van der Waals surface area contributed by atoms with Crippen LogP contribution in [-0.2, 0) is 4.79 Å². The highest BCUT2D eigenvalue weighted by atomic mass is 32.1. The lowest BCUT2D eigenvalue weighted by Crippen LogP contribution is -2.29. The molecule has 192 valence electrons. The first-order chi connectivity index (χ1) is 18.4. The van der Waals surface area contributed by atoms with Crippen molar-refractivity contribution in [3.05, 3.63) is 101 Å². The second-order valence-corrected chi connectivity index (χ2v) is 8.96. The van der Waals surface area contributed by atoms with Crippen molar-refractivity contribution in [3.8, 4) is 17.1 Å². The van der Waals surface area contributed by atoms with Crippen molar-refractivity contribution in [1.82, 2.24) is 10.3 Å². The lowest BCUT2D eigenvalue weighted by Gasteiger charge is -2.26. The van der Waals surface area contributed by atoms with Crippen LogP contribution < -0.4 is 20.3 Å². The molecule has 2 aromatic heterocycles. The fraction of sp³-hybridized carbons (Fsp3) is 0.148. The molecule has 2 atom stereocenters. The molecule has 1 aliphatic rings. The Hall–Kier alpha value is -4.77. The number of pyridine rings is 1. The van der Waals surface area contributed by atoms with Gasteiger partial charge in [0, 0.05) is 30.6 Å². The molecule has 0 radical (unpaired) electrons. The maximum atomic E-state index is 11.4. The van der Waals surface area contributed by atoms with E-state index in [1.165, 1.54) is 26.2 Å². The van der Waals surface area contributed by atoms with Gasteiger partial charge in [-0.3, -0.25) is 19.9 Å². The largest absolute Gasteiger partial charge is 0.496 e. The van der Waals surface area contributed by atoms with Crippen molar-refractivity contribution < 1.29 is 18.9 Å². The molecule has 3 heterocycles. The molecule has 38 heavy (non-hydrogen) atoms. The summed E-state index contributed by atoms with van der Waals surface area (Å²) in [6.45, 7) is 1.45. The number of thiocarbonyl (C=S) groups is 1. The van der Waals surface area contributed by atoms with Crippen LogP contribution in [0.25, 0.3) is 11.3 Å². The van der Waals surface area contributed by atoms with Crippen LogP contribution in [0.2, 0.25) is 0 Å². The number of carbonyl (C=O) groups excluding carboxylic acids is 1. The first kappa shape index (κ1) is 24.9. The summed E-state index contributed by atoms with van der Waals surface area (Å²) in [5.74, 6) is 1.26. The number of nitrogens with zero attached hydrogens (tertiary/aromatic N) is 3. The summed E-state index contributed by atoms with van der Waals surface area (Å²) >= 11 is 5.75. The van der Waals surface area contributed by atoms with E-state index in [0.717, 1.165) is 11.4 Å². The number of rotatable bonds is 7. The van der Waals surface area contributed by atoms with Crippen LogP contribution in [0, 0.1) is 10.1 Å². The van der Waals surface area contributed by atoms with Crippen molar-refractivity contribution in [2.75, 3.05) is 17.3 Å². The number of hydrogen-bond acceptors (Lipinski definition) is 7. The van der Waals surface area contributed by atoms with E-state index >= 15 is 0 Å². The molecule has 4 aromatic rings. The molecule has 1 fully saturated rings. The Morgan fingerprint density at radius 2 is 1.95 bits per heavy atom. The van der Waals surface area contributed by atoms with Crippen molar-refractivity contribution in [2.45, 2.75) is 19.0 Å². The Balaban J connectivity index is 1.56. The number of nitro benzene ring substituents is 1. The quantitative estimate of drug-likeness (QED) is 0.184. The number of furan rings is 1. The maximum Gasteiger partial charge on any atom is 0.273 e. The van der Waals surface area contributed by atoms with Crippen molar-refractivity contribution in [1.29, 1.82) is 0 Å². The van der Waals surface area contributed by atoms with Crippen LogP contribution in [0.15, 0.2) is 83.4 Å². The number of aromatic nitrogens is 1. The van der Waals surface area contributed by atoms with E-state index in [1.54, 1.807) is 30.5 Å². The van der Waals surface area contributed by atoms with E-state index in [1.807, 2.05) is 41.3 Å². The highest BCUT2D eigenvalue weighted by molar-refractivity contribution is 7.80. The first-order valence-electron chi connectivity index (χ1n) is 11.7. The Bertz CT molecular complexity index is 1510. The number of nitro groups is 1. The molecule has 10 nitrogen and oxygen atoms in total. The summed E-state index contributed by atoms with van der Waals surface area (Å²) in [4.78, 5) is 28.7. The maximum absolute atomic E-state index is 11.4. The van der Waals surface area contributed by atoms with Gasteiger partial charge in [0.15, 0.2) is 5.11 Å². The minimum absolute atomic E-state index is 0.0770. The van der Waals surface area contributed by atoms with Gasteiger partial charge in [-0.25, -0.2) is 0 Å². The second kappa shape index (κ2) is 10.3. The Morgan fingerprint density at radius 1 is 1.16 bits per heavy atom. The second-order valence-electron chi connectivity index (χ2n) is 8.57. The fourth-order valence-electron chi connectivity index (χ4n) is 4.48. The minimum atomic E-state index is -0.475. The number of ether oxygens (including phenoxy) is 1. The zero-order valence-electron chi connectivity index (χ0n) is 20.5. The zero-order chi connectivity index (χ0) is 26.8. The van der Waals surface area contributed by atoms with Crippen molar-refractivity contribution >= 4 is 40.3 Å². The number of hydrogen-bond donors (Lipinski definition) is 2. The van der Waals surface area contributed by atoms with Gasteiger partial charge in [0.2, 0.25) is 5.91 Å². The summed E-state index contributed by atoms with van der Waals surface area (Å²) in [6, 6.07) is 20.3. The smallest absolute Gasteiger partial charge is 0.273 e. The van der Waals surface area contributed by atoms with Gasteiger partial charge >= 0.3 is 0 Å². The SMILES string of the molecule is COc1cc([N+](=O)[O-])ccc1-c1ccc([C@@H]2[C@@H](c3ccccn3)NC(=S)N2c2ccc(NC(C)=O)cc2)o1. The van der Waals surface area contributed by atoms with Crippen molar-refractivity contribution in [3.63, 3.8) is 0 Å². The number of amides is 1.